The molecule has 0 radical (unpaired) electrons. The molecule has 3 heteroatoms. The summed E-state index contributed by atoms with van der Waals surface area (Å²) in [6, 6.07) is 16.9. The molecule has 0 saturated carbocycles. The Morgan fingerprint density at radius 2 is 1.81 bits per heavy atom. The second kappa shape index (κ2) is 4.57. The molecular weight excluding hydrogens is 276 g/mol. The molecule has 21 heavy (non-hydrogen) atoms. The Hall–Kier alpha value is -2.39. The third kappa shape index (κ3) is 1.89. The average molecular weight is 290 g/mol. The lowest BCUT2D eigenvalue weighted by Gasteiger charge is -2.07. The fourth-order valence-corrected chi connectivity index (χ4v) is 4.03. The van der Waals surface area contributed by atoms with Crippen molar-refractivity contribution in [1.29, 1.82) is 0 Å². The number of aromatic nitrogens is 1. The van der Waals surface area contributed by atoms with Crippen molar-refractivity contribution in [1.82, 2.24) is 4.98 Å². The first-order valence-corrected chi connectivity index (χ1v) is 7.68. The smallest absolute Gasteiger partial charge is 0.0747 e. The Kier molecular flexibility index (Phi) is 2.69. The van der Waals surface area contributed by atoms with Gasteiger partial charge in [0.15, 0.2) is 0 Å². The van der Waals surface area contributed by atoms with E-state index in [4.69, 9.17) is 5.73 Å². The van der Waals surface area contributed by atoms with Gasteiger partial charge in [-0.15, -0.1) is 11.3 Å². The second-order valence-electron chi connectivity index (χ2n) is 5.21. The van der Waals surface area contributed by atoms with Gasteiger partial charge in [-0.25, -0.2) is 0 Å². The lowest BCUT2D eigenvalue weighted by Crippen LogP contribution is -1.92. The van der Waals surface area contributed by atoms with Crippen LogP contribution in [-0.2, 0) is 0 Å². The quantitative estimate of drug-likeness (QED) is 0.535. The number of anilines is 1. The molecule has 4 aromatic rings. The Morgan fingerprint density at radius 1 is 1.00 bits per heavy atom. The van der Waals surface area contributed by atoms with E-state index >= 15 is 0 Å². The van der Waals surface area contributed by atoms with Gasteiger partial charge in [0.2, 0.25) is 0 Å². The maximum atomic E-state index is 5.82. The Morgan fingerprint density at radius 3 is 2.67 bits per heavy atom. The number of thiophene rings is 1. The van der Waals surface area contributed by atoms with E-state index in [0.29, 0.717) is 5.69 Å². The molecule has 0 spiro atoms. The number of nitrogens with zero attached hydrogens (tertiary/aromatic N) is 1. The lowest BCUT2D eigenvalue weighted by molar-refractivity contribution is 1.28. The summed E-state index contributed by atoms with van der Waals surface area (Å²) in [4.78, 5) is 4.55. The van der Waals surface area contributed by atoms with Crippen molar-refractivity contribution in [3.8, 4) is 11.3 Å². The van der Waals surface area contributed by atoms with Crippen LogP contribution in [0.4, 0.5) is 5.69 Å². The van der Waals surface area contributed by atoms with Gasteiger partial charge in [0.05, 0.1) is 17.6 Å². The molecule has 102 valence electrons. The third-order valence-corrected chi connectivity index (χ3v) is 4.98. The molecule has 2 aromatic carbocycles. The van der Waals surface area contributed by atoms with Crippen molar-refractivity contribution < 1.29 is 0 Å². The van der Waals surface area contributed by atoms with E-state index in [0.717, 1.165) is 11.3 Å². The zero-order valence-corrected chi connectivity index (χ0v) is 12.4. The molecule has 0 unspecified atom stereocenters. The SMILES string of the molecule is Cc1cc(N)cnc1-c1cccc2c1sc1ccccc12. The van der Waals surface area contributed by atoms with Crippen LogP contribution in [0.5, 0.6) is 0 Å². The van der Waals surface area contributed by atoms with Gasteiger partial charge in [-0.05, 0) is 24.6 Å². The van der Waals surface area contributed by atoms with Gasteiger partial charge in [-0.1, -0.05) is 36.4 Å². The molecule has 0 atom stereocenters. The highest BCUT2D eigenvalue weighted by Gasteiger charge is 2.12. The summed E-state index contributed by atoms with van der Waals surface area (Å²) >= 11 is 1.82. The summed E-state index contributed by atoms with van der Waals surface area (Å²) in [5.74, 6) is 0. The van der Waals surface area contributed by atoms with Crippen molar-refractivity contribution in [2.24, 2.45) is 0 Å². The minimum atomic E-state index is 0.708. The largest absolute Gasteiger partial charge is 0.397 e. The van der Waals surface area contributed by atoms with Crippen LogP contribution in [0.2, 0.25) is 0 Å². The van der Waals surface area contributed by atoms with Crippen molar-refractivity contribution in [3.63, 3.8) is 0 Å². The summed E-state index contributed by atoms with van der Waals surface area (Å²) < 4.78 is 2.60. The van der Waals surface area contributed by atoms with Crippen molar-refractivity contribution in [2.45, 2.75) is 6.92 Å². The Bertz CT molecular complexity index is 969. The summed E-state index contributed by atoms with van der Waals surface area (Å²) in [6.07, 6.45) is 1.73. The first-order chi connectivity index (χ1) is 10.2. The Balaban J connectivity index is 2.09. The minimum Gasteiger partial charge on any atom is -0.397 e. The number of aryl methyl sites for hydroxylation is 1. The molecule has 0 bridgehead atoms. The highest BCUT2D eigenvalue weighted by Crippen LogP contribution is 2.39. The molecule has 0 aliphatic carbocycles. The summed E-state index contributed by atoms with van der Waals surface area (Å²) in [6.45, 7) is 2.06. The highest BCUT2D eigenvalue weighted by molar-refractivity contribution is 7.26. The standard InChI is InChI=1S/C18H14N2S/c1-11-9-12(19)10-20-17(11)15-7-4-6-14-13-5-2-3-8-16(13)21-18(14)15/h2-10H,19H2,1H3. The number of nitrogen functional groups attached to an aromatic ring is 1. The maximum Gasteiger partial charge on any atom is 0.0747 e. The third-order valence-electron chi connectivity index (χ3n) is 3.76. The van der Waals surface area contributed by atoms with E-state index in [1.54, 1.807) is 6.20 Å². The van der Waals surface area contributed by atoms with Gasteiger partial charge in [-0.2, -0.15) is 0 Å². The van der Waals surface area contributed by atoms with Crippen LogP contribution < -0.4 is 5.73 Å². The van der Waals surface area contributed by atoms with Gasteiger partial charge in [0, 0.05) is 25.7 Å². The van der Waals surface area contributed by atoms with Gasteiger partial charge in [-0.3, -0.25) is 4.98 Å². The molecular formula is C18H14N2S. The Labute approximate surface area is 126 Å². The zero-order chi connectivity index (χ0) is 14.4. The van der Waals surface area contributed by atoms with Gasteiger partial charge in [0.1, 0.15) is 0 Å². The predicted octanol–water partition coefficient (Wildman–Crippen LogP) is 5.01. The molecule has 0 saturated heterocycles. The van der Waals surface area contributed by atoms with Crippen LogP contribution in [0.15, 0.2) is 54.7 Å². The first kappa shape index (κ1) is 12.4. The van der Waals surface area contributed by atoms with Crippen molar-refractivity contribution >= 4 is 37.2 Å². The number of benzene rings is 2. The van der Waals surface area contributed by atoms with E-state index in [9.17, 15) is 0 Å². The summed E-state index contributed by atoms with van der Waals surface area (Å²) in [5.41, 5.74) is 9.84. The van der Waals surface area contributed by atoms with Gasteiger partial charge >= 0.3 is 0 Å². The van der Waals surface area contributed by atoms with E-state index in [1.165, 1.54) is 25.7 Å². The highest BCUT2D eigenvalue weighted by atomic mass is 32.1. The molecule has 2 aromatic heterocycles. The number of rotatable bonds is 1. The monoisotopic (exact) mass is 290 g/mol. The lowest BCUT2D eigenvalue weighted by atomic mass is 10.0. The number of hydrogen-bond acceptors (Lipinski definition) is 3. The van der Waals surface area contributed by atoms with Crippen molar-refractivity contribution in [2.75, 3.05) is 5.73 Å². The minimum absolute atomic E-state index is 0.708. The fraction of sp³-hybridized carbons (Fsp3) is 0.0556. The van der Waals surface area contributed by atoms with Crippen LogP contribution in [0, 0.1) is 6.92 Å². The maximum absolute atomic E-state index is 5.82. The number of nitrogens with two attached hydrogens (primary N) is 1. The number of fused-ring (bicyclic) bond motifs is 3. The molecule has 2 nitrogen and oxygen atoms in total. The van der Waals surface area contributed by atoms with Crippen LogP contribution in [0.1, 0.15) is 5.56 Å². The molecule has 4 rings (SSSR count). The molecule has 0 aliphatic rings. The topological polar surface area (TPSA) is 38.9 Å². The van der Waals surface area contributed by atoms with Crippen LogP contribution in [-0.4, -0.2) is 4.98 Å². The van der Waals surface area contributed by atoms with Gasteiger partial charge < -0.3 is 5.73 Å². The first-order valence-electron chi connectivity index (χ1n) is 6.87. The predicted molar refractivity (Wildman–Crippen MR) is 91.7 cm³/mol. The summed E-state index contributed by atoms with van der Waals surface area (Å²) in [7, 11) is 0. The molecule has 2 N–H and O–H groups in total. The van der Waals surface area contributed by atoms with Crippen LogP contribution >= 0.6 is 11.3 Å². The van der Waals surface area contributed by atoms with Gasteiger partial charge in [0.25, 0.3) is 0 Å². The van der Waals surface area contributed by atoms with Crippen LogP contribution in [0.3, 0.4) is 0 Å². The zero-order valence-electron chi connectivity index (χ0n) is 11.6. The van der Waals surface area contributed by atoms with E-state index in [-0.39, 0.29) is 0 Å². The second-order valence-corrected chi connectivity index (χ2v) is 6.27. The van der Waals surface area contributed by atoms with Crippen LogP contribution in [0.25, 0.3) is 31.4 Å². The molecule has 0 amide bonds. The molecule has 0 fully saturated rings. The molecule has 2 heterocycles. The molecule has 0 aliphatic heterocycles. The normalized spacial score (nSPS) is 11.3. The van der Waals surface area contributed by atoms with E-state index in [2.05, 4.69) is 54.4 Å². The number of pyridine rings is 1. The fourth-order valence-electron chi connectivity index (χ4n) is 2.81. The van der Waals surface area contributed by atoms with E-state index in [1.807, 2.05) is 17.4 Å². The number of hydrogen-bond donors (Lipinski definition) is 1. The average Bonchev–Trinajstić information content (AvgIpc) is 2.86. The summed E-state index contributed by atoms with van der Waals surface area (Å²) in [5, 5.41) is 2.61. The van der Waals surface area contributed by atoms with Crippen molar-refractivity contribution in [3.05, 3.63) is 60.3 Å². The van der Waals surface area contributed by atoms with E-state index < -0.39 is 0 Å².